The van der Waals surface area contributed by atoms with Gasteiger partial charge in [-0.3, -0.25) is 19.2 Å². The standard InChI is InChI=1S/C33H50F2O11S/c1-17(8-11-29(39)43-18(2)33(34,35)47(40,41)42)24-9-10-25-30-26(16-28(32(24,25)7)46-21(5)38)31(6)13-12-23(44-19(3)36)14-22(31)15-27(30)45-20(4)37/h17-18,22-28,30H,8-16H2,1-7H3,(H,40,41,42)/p-1/t17?,18?,22-,23+,24+,25-,26-,27+,28-,30-,31-,32+/m0/s1. The SMILES string of the molecule is CC(=O)O[C@@H]1CC[C@@]2(C)[C@@H](C1)C[C@@H](OC(C)=O)[C@@H]1[C@@H]2C[C@H](OC(C)=O)[C@]2(C)[C@@H](C(C)CCC(=O)OC(C)C(F)(F)S(=O)(=O)[O-])CC[C@@H]12. The van der Waals surface area contributed by atoms with E-state index >= 15 is 0 Å². The summed E-state index contributed by atoms with van der Waals surface area (Å²) >= 11 is 0. The Hall–Kier alpha value is -2.35. The summed E-state index contributed by atoms with van der Waals surface area (Å²) in [6, 6.07) is 0. The summed E-state index contributed by atoms with van der Waals surface area (Å²) in [4.78, 5) is 49.2. The van der Waals surface area contributed by atoms with Crippen LogP contribution in [0.25, 0.3) is 0 Å². The number of hydrogen-bond donors (Lipinski definition) is 0. The van der Waals surface area contributed by atoms with Crippen LogP contribution < -0.4 is 0 Å². The lowest BCUT2D eigenvalue weighted by Crippen LogP contribution is -2.63. The quantitative estimate of drug-likeness (QED) is 0.169. The average molecular weight is 692 g/mol. The molecular formula is C33H49F2O11S-. The number of esters is 4. The van der Waals surface area contributed by atoms with E-state index in [1.54, 1.807) is 0 Å². The van der Waals surface area contributed by atoms with Crippen LogP contribution >= 0.6 is 0 Å². The summed E-state index contributed by atoms with van der Waals surface area (Å²) < 4.78 is 83.1. The molecule has 268 valence electrons. The maximum Gasteiger partial charge on any atom is 0.369 e. The van der Waals surface area contributed by atoms with Crippen molar-refractivity contribution in [3.63, 3.8) is 0 Å². The molecule has 4 saturated carbocycles. The van der Waals surface area contributed by atoms with Gasteiger partial charge < -0.3 is 23.5 Å². The molecule has 4 rings (SSSR count). The largest absolute Gasteiger partial charge is 0.743 e. The van der Waals surface area contributed by atoms with Crippen molar-refractivity contribution in [1.29, 1.82) is 0 Å². The molecule has 0 bridgehead atoms. The van der Waals surface area contributed by atoms with E-state index in [9.17, 15) is 40.9 Å². The number of carbonyl (C=O) groups is 4. The number of alkyl halides is 2. The molecule has 2 unspecified atom stereocenters. The zero-order valence-electron chi connectivity index (χ0n) is 28.3. The fraction of sp³-hybridized carbons (Fsp3) is 0.879. The minimum absolute atomic E-state index is 0.0125. The van der Waals surface area contributed by atoms with Crippen molar-refractivity contribution in [2.24, 2.45) is 46.3 Å². The van der Waals surface area contributed by atoms with Gasteiger partial charge in [-0.1, -0.05) is 20.8 Å². The Morgan fingerprint density at radius 1 is 0.894 bits per heavy atom. The Bertz CT molecular complexity index is 1340. The molecule has 0 saturated heterocycles. The van der Waals surface area contributed by atoms with E-state index in [1.807, 2.05) is 6.92 Å². The van der Waals surface area contributed by atoms with Crippen LogP contribution in [0.2, 0.25) is 0 Å². The highest BCUT2D eigenvalue weighted by molar-refractivity contribution is 7.86. The van der Waals surface area contributed by atoms with Crippen molar-refractivity contribution in [1.82, 2.24) is 0 Å². The predicted molar refractivity (Wildman–Crippen MR) is 161 cm³/mol. The van der Waals surface area contributed by atoms with Gasteiger partial charge >= 0.3 is 29.1 Å². The second-order valence-electron chi connectivity index (χ2n) is 14.9. The Morgan fingerprint density at radius 2 is 1.51 bits per heavy atom. The zero-order valence-corrected chi connectivity index (χ0v) is 29.1. The molecule has 0 N–H and O–H groups in total. The molecule has 12 atom stereocenters. The van der Waals surface area contributed by atoms with Gasteiger partial charge in [0, 0.05) is 38.5 Å². The maximum absolute atomic E-state index is 13.9. The molecule has 0 aliphatic heterocycles. The topological polar surface area (TPSA) is 162 Å². The lowest BCUT2D eigenvalue weighted by molar-refractivity contribution is -0.224. The van der Waals surface area contributed by atoms with E-state index in [-0.39, 0.29) is 77.9 Å². The first-order valence-corrected chi connectivity index (χ1v) is 18.1. The molecule has 0 radical (unpaired) electrons. The summed E-state index contributed by atoms with van der Waals surface area (Å²) in [5.74, 6) is -2.16. The number of halogens is 2. The van der Waals surface area contributed by atoms with Crippen LogP contribution in [0.5, 0.6) is 0 Å². The molecule has 0 spiro atoms. The highest BCUT2D eigenvalue weighted by Crippen LogP contribution is 2.69. The highest BCUT2D eigenvalue weighted by Gasteiger charge is 2.67. The van der Waals surface area contributed by atoms with Crippen molar-refractivity contribution in [3.05, 3.63) is 0 Å². The van der Waals surface area contributed by atoms with Gasteiger partial charge in [-0.15, -0.1) is 0 Å². The first-order valence-electron chi connectivity index (χ1n) is 16.7. The van der Waals surface area contributed by atoms with E-state index in [0.29, 0.717) is 26.2 Å². The number of ether oxygens (including phenoxy) is 4. The molecule has 0 heterocycles. The van der Waals surface area contributed by atoms with Crippen molar-refractivity contribution < 1.29 is 59.9 Å². The summed E-state index contributed by atoms with van der Waals surface area (Å²) in [6.45, 7) is 11.2. The van der Waals surface area contributed by atoms with Crippen molar-refractivity contribution in [2.45, 2.75) is 136 Å². The van der Waals surface area contributed by atoms with Crippen LogP contribution in [0.15, 0.2) is 0 Å². The lowest BCUT2D eigenvalue weighted by atomic mass is 9.43. The van der Waals surface area contributed by atoms with Crippen LogP contribution in [0.1, 0.15) is 106 Å². The van der Waals surface area contributed by atoms with Crippen LogP contribution in [0, 0.1) is 46.3 Å². The van der Waals surface area contributed by atoms with Crippen molar-refractivity contribution in [3.8, 4) is 0 Å². The average Bonchev–Trinajstić information content (AvgIpc) is 3.29. The van der Waals surface area contributed by atoms with Gasteiger partial charge in [-0.25, -0.2) is 8.42 Å². The number of carbonyl (C=O) groups excluding carboxylic acids is 4. The number of rotatable bonds is 10. The minimum Gasteiger partial charge on any atom is -0.743 e. The van der Waals surface area contributed by atoms with Gasteiger partial charge in [0.15, 0.2) is 16.2 Å². The first kappa shape index (κ1) is 37.5. The van der Waals surface area contributed by atoms with Crippen LogP contribution in [0.4, 0.5) is 8.78 Å². The Kier molecular flexibility index (Phi) is 10.8. The molecule has 0 amide bonds. The van der Waals surface area contributed by atoms with Crippen molar-refractivity contribution >= 4 is 34.0 Å². The van der Waals surface area contributed by atoms with Crippen LogP contribution in [-0.4, -0.2) is 66.5 Å². The van der Waals surface area contributed by atoms with Gasteiger partial charge in [-0.05, 0) is 93.3 Å². The second kappa shape index (κ2) is 13.5. The van der Waals surface area contributed by atoms with Gasteiger partial charge in [-0.2, -0.15) is 8.78 Å². The molecule has 47 heavy (non-hydrogen) atoms. The molecule has 11 nitrogen and oxygen atoms in total. The molecule has 14 heteroatoms. The van der Waals surface area contributed by atoms with E-state index in [4.69, 9.17) is 14.2 Å². The molecule has 0 aromatic rings. The third-order valence-electron chi connectivity index (χ3n) is 12.3. The predicted octanol–water partition coefficient (Wildman–Crippen LogP) is 5.15. The monoisotopic (exact) mass is 691 g/mol. The Morgan fingerprint density at radius 3 is 2.09 bits per heavy atom. The summed E-state index contributed by atoms with van der Waals surface area (Å²) in [7, 11) is -6.02. The van der Waals surface area contributed by atoms with Crippen LogP contribution in [-0.2, 0) is 48.2 Å². The summed E-state index contributed by atoms with van der Waals surface area (Å²) in [5, 5.41) is -4.76. The molecule has 0 aromatic heterocycles. The second-order valence-corrected chi connectivity index (χ2v) is 16.4. The van der Waals surface area contributed by atoms with Gasteiger partial charge in [0.1, 0.15) is 18.3 Å². The Labute approximate surface area is 275 Å². The molecule has 0 aromatic carbocycles. The fourth-order valence-electron chi connectivity index (χ4n) is 10.2. The number of hydrogen-bond acceptors (Lipinski definition) is 11. The minimum atomic E-state index is -6.02. The summed E-state index contributed by atoms with van der Waals surface area (Å²) in [6.07, 6.45) is 1.37. The van der Waals surface area contributed by atoms with E-state index in [1.165, 1.54) is 20.8 Å². The van der Waals surface area contributed by atoms with Gasteiger partial charge in [0.25, 0.3) is 0 Å². The summed E-state index contributed by atoms with van der Waals surface area (Å²) in [5.41, 5.74) is -0.717. The third kappa shape index (κ3) is 7.19. The molecule has 4 aliphatic rings. The lowest BCUT2D eigenvalue weighted by Gasteiger charge is -2.64. The van der Waals surface area contributed by atoms with E-state index in [0.717, 1.165) is 25.7 Å². The smallest absolute Gasteiger partial charge is 0.369 e. The number of fused-ring (bicyclic) bond motifs is 5. The normalized spacial score (nSPS) is 38.1. The third-order valence-corrected chi connectivity index (χ3v) is 13.3. The molecule has 4 fully saturated rings. The van der Waals surface area contributed by atoms with E-state index < -0.39 is 44.9 Å². The van der Waals surface area contributed by atoms with Crippen LogP contribution in [0.3, 0.4) is 0 Å². The van der Waals surface area contributed by atoms with Crippen molar-refractivity contribution in [2.75, 3.05) is 0 Å². The Balaban J connectivity index is 1.59. The van der Waals surface area contributed by atoms with Gasteiger partial charge in [0.2, 0.25) is 0 Å². The zero-order chi connectivity index (χ0) is 35.3. The van der Waals surface area contributed by atoms with E-state index in [2.05, 4.69) is 18.6 Å². The maximum atomic E-state index is 13.9. The highest BCUT2D eigenvalue weighted by atomic mass is 32.2. The fourth-order valence-corrected chi connectivity index (χ4v) is 10.6. The molecule has 4 aliphatic carbocycles. The van der Waals surface area contributed by atoms with Gasteiger partial charge in [0.05, 0.1) is 0 Å². The first-order chi connectivity index (χ1) is 21.6. The molecular weight excluding hydrogens is 642 g/mol.